The molecular formula is C14H14BrClO2S. The maximum atomic E-state index is 5.99. The highest BCUT2D eigenvalue weighted by Gasteiger charge is 2.18. The van der Waals surface area contributed by atoms with E-state index in [9.17, 15) is 0 Å². The Labute approximate surface area is 130 Å². The Morgan fingerprint density at radius 1 is 1.16 bits per heavy atom. The zero-order valence-corrected chi connectivity index (χ0v) is 14.0. The van der Waals surface area contributed by atoms with Crippen molar-refractivity contribution < 1.29 is 9.47 Å². The minimum atomic E-state index is 0.102. The summed E-state index contributed by atoms with van der Waals surface area (Å²) in [4.78, 5) is 1.27. The van der Waals surface area contributed by atoms with E-state index in [2.05, 4.69) is 22.9 Å². The molecule has 0 N–H and O–H groups in total. The Morgan fingerprint density at radius 3 is 2.32 bits per heavy atom. The van der Waals surface area contributed by atoms with Crippen LogP contribution < -0.4 is 9.47 Å². The number of benzene rings is 1. The predicted octanol–water partition coefficient (Wildman–Crippen LogP) is 5.21. The van der Waals surface area contributed by atoms with Gasteiger partial charge in [0.05, 0.1) is 23.4 Å². The van der Waals surface area contributed by atoms with Crippen LogP contribution in [0.2, 0.25) is 4.34 Å². The van der Waals surface area contributed by atoms with Crippen molar-refractivity contribution in [1.29, 1.82) is 0 Å². The van der Waals surface area contributed by atoms with Gasteiger partial charge in [-0.15, -0.1) is 11.3 Å². The molecule has 0 fully saturated rings. The van der Waals surface area contributed by atoms with Crippen LogP contribution in [0.4, 0.5) is 0 Å². The topological polar surface area (TPSA) is 18.5 Å². The van der Waals surface area contributed by atoms with Crippen molar-refractivity contribution in [2.24, 2.45) is 0 Å². The second kappa shape index (κ2) is 6.16. The number of alkyl halides is 1. The molecular weight excluding hydrogens is 348 g/mol. The van der Waals surface area contributed by atoms with Crippen molar-refractivity contribution in [2.45, 2.75) is 11.8 Å². The van der Waals surface area contributed by atoms with Gasteiger partial charge in [-0.1, -0.05) is 27.5 Å². The van der Waals surface area contributed by atoms with E-state index in [0.717, 1.165) is 27.0 Å². The van der Waals surface area contributed by atoms with E-state index in [1.54, 1.807) is 25.6 Å². The highest BCUT2D eigenvalue weighted by Crippen LogP contribution is 2.41. The van der Waals surface area contributed by atoms with Gasteiger partial charge in [-0.2, -0.15) is 0 Å². The summed E-state index contributed by atoms with van der Waals surface area (Å²) in [7, 11) is 3.28. The molecule has 0 saturated heterocycles. The Hall–Kier alpha value is -0.710. The largest absolute Gasteiger partial charge is 0.493 e. The summed E-state index contributed by atoms with van der Waals surface area (Å²) in [5.41, 5.74) is 2.29. The van der Waals surface area contributed by atoms with Crippen LogP contribution in [0.5, 0.6) is 11.5 Å². The first-order valence-corrected chi connectivity index (χ1v) is 7.79. The van der Waals surface area contributed by atoms with Crippen molar-refractivity contribution in [2.75, 3.05) is 14.2 Å². The molecule has 1 aromatic carbocycles. The maximum Gasteiger partial charge on any atom is 0.161 e. The lowest BCUT2D eigenvalue weighted by Crippen LogP contribution is -1.98. The van der Waals surface area contributed by atoms with Crippen LogP contribution in [0.15, 0.2) is 24.3 Å². The average molecular weight is 362 g/mol. The van der Waals surface area contributed by atoms with Gasteiger partial charge in [0.2, 0.25) is 0 Å². The third-order valence-corrected chi connectivity index (χ3v) is 5.47. The first-order valence-electron chi connectivity index (χ1n) is 5.68. The first kappa shape index (κ1) is 14.7. The molecule has 1 unspecified atom stereocenters. The molecule has 2 aromatic rings. The van der Waals surface area contributed by atoms with Gasteiger partial charge in [-0.3, -0.25) is 0 Å². The summed E-state index contributed by atoms with van der Waals surface area (Å²) in [5, 5.41) is 0. The zero-order valence-electron chi connectivity index (χ0n) is 10.9. The van der Waals surface area contributed by atoms with Crippen LogP contribution in [0.1, 0.15) is 20.8 Å². The molecule has 1 aromatic heterocycles. The minimum Gasteiger partial charge on any atom is -0.493 e. The molecule has 1 heterocycles. The van der Waals surface area contributed by atoms with Gasteiger partial charge in [0.15, 0.2) is 11.5 Å². The Bertz CT molecular complexity index is 583. The zero-order chi connectivity index (χ0) is 14.0. The van der Waals surface area contributed by atoms with E-state index >= 15 is 0 Å². The van der Waals surface area contributed by atoms with Gasteiger partial charge < -0.3 is 9.47 Å². The molecule has 0 aliphatic rings. The fourth-order valence-corrected chi connectivity index (χ4v) is 3.87. The summed E-state index contributed by atoms with van der Waals surface area (Å²) in [6, 6.07) is 7.92. The molecule has 0 spiro atoms. The van der Waals surface area contributed by atoms with Crippen LogP contribution in [0.3, 0.4) is 0 Å². The molecule has 0 bridgehead atoms. The molecule has 0 aliphatic heterocycles. The predicted molar refractivity (Wildman–Crippen MR) is 84.4 cm³/mol. The number of ether oxygens (including phenoxy) is 2. The molecule has 19 heavy (non-hydrogen) atoms. The van der Waals surface area contributed by atoms with Crippen LogP contribution in [-0.2, 0) is 0 Å². The third-order valence-electron chi connectivity index (χ3n) is 2.89. The smallest absolute Gasteiger partial charge is 0.161 e. The first-order chi connectivity index (χ1) is 9.06. The average Bonchev–Trinajstić information content (AvgIpc) is 2.84. The second-order valence-electron chi connectivity index (χ2n) is 4.07. The normalized spacial score (nSPS) is 12.3. The number of hydrogen-bond donors (Lipinski definition) is 0. The molecule has 5 heteroatoms. The summed E-state index contributed by atoms with van der Waals surface area (Å²) in [6.07, 6.45) is 0. The van der Waals surface area contributed by atoms with Gasteiger partial charge in [0, 0.05) is 4.88 Å². The van der Waals surface area contributed by atoms with Crippen molar-refractivity contribution in [3.8, 4) is 11.5 Å². The summed E-state index contributed by atoms with van der Waals surface area (Å²) in [5.74, 6) is 1.47. The fourth-order valence-electron chi connectivity index (χ4n) is 1.89. The Kier molecular flexibility index (Phi) is 4.76. The standard InChI is InChI=1S/C14H14BrClO2S/c1-8-6-10(17-2)11(18-3)7-9(8)14(15)12-4-5-13(16)19-12/h4-7,14H,1-3H3. The Balaban J connectivity index is 2.44. The third kappa shape index (κ3) is 3.07. The highest BCUT2D eigenvalue weighted by molar-refractivity contribution is 9.09. The van der Waals surface area contributed by atoms with Gasteiger partial charge in [0.1, 0.15) is 0 Å². The quantitative estimate of drug-likeness (QED) is 0.696. The lowest BCUT2D eigenvalue weighted by atomic mass is 10.0. The number of aryl methyl sites for hydroxylation is 1. The van der Waals surface area contributed by atoms with Gasteiger partial charge in [-0.05, 0) is 42.3 Å². The van der Waals surface area contributed by atoms with Crippen LogP contribution in [-0.4, -0.2) is 14.2 Å². The molecule has 0 aliphatic carbocycles. The number of rotatable bonds is 4. The number of methoxy groups -OCH3 is 2. The lowest BCUT2D eigenvalue weighted by Gasteiger charge is -2.16. The van der Waals surface area contributed by atoms with Crippen molar-refractivity contribution in [1.82, 2.24) is 0 Å². The maximum absolute atomic E-state index is 5.99. The Morgan fingerprint density at radius 2 is 1.79 bits per heavy atom. The van der Waals surface area contributed by atoms with Crippen molar-refractivity contribution >= 4 is 38.9 Å². The molecule has 1 atom stereocenters. The van der Waals surface area contributed by atoms with Gasteiger partial charge >= 0.3 is 0 Å². The molecule has 0 saturated carbocycles. The second-order valence-corrected chi connectivity index (χ2v) is 6.73. The van der Waals surface area contributed by atoms with E-state index < -0.39 is 0 Å². The van der Waals surface area contributed by atoms with Gasteiger partial charge in [-0.25, -0.2) is 0 Å². The highest BCUT2D eigenvalue weighted by atomic mass is 79.9. The number of thiophene rings is 1. The summed E-state index contributed by atoms with van der Waals surface area (Å²) >= 11 is 11.3. The van der Waals surface area contributed by atoms with Gasteiger partial charge in [0.25, 0.3) is 0 Å². The van der Waals surface area contributed by atoms with Crippen molar-refractivity contribution in [3.63, 3.8) is 0 Å². The SMILES string of the molecule is COc1cc(C)c(C(Br)c2ccc(Cl)s2)cc1OC. The van der Waals surface area contributed by atoms with Crippen LogP contribution in [0.25, 0.3) is 0 Å². The van der Waals surface area contributed by atoms with E-state index in [0.29, 0.717) is 0 Å². The molecule has 2 rings (SSSR count). The number of halogens is 2. The summed E-state index contributed by atoms with van der Waals surface area (Å²) in [6.45, 7) is 2.06. The van der Waals surface area contributed by atoms with Crippen LogP contribution >= 0.6 is 38.9 Å². The molecule has 0 radical (unpaired) electrons. The minimum absolute atomic E-state index is 0.102. The lowest BCUT2D eigenvalue weighted by molar-refractivity contribution is 0.354. The number of hydrogen-bond acceptors (Lipinski definition) is 3. The molecule has 102 valence electrons. The van der Waals surface area contributed by atoms with E-state index in [4.69, 9.17) is 21.1 Å². The van der Waals surface area contributed by atoms with E-state index in [1.165, 1.54) is 4.88 Å². The molecule has 0 amide bonds. The van der Waals surface area contributed by atoms with E-state index in [-0.39, 0.29) is 4.83 Å². The summed E-state index contributed by atoms with van der Waals surface area (Å²) < 4.78 is 11.4. The van der Waals surface area contributed by atoms with Crippen molar-refractivity contribution in [3.05, 3.63) is 44.6 Å². The monoisotopic (exact) mass is 360 g/mol. The van der Waals surface area contributed by atoms with Crippen LogP contribution in [0, 0.1) is 6.92 Å². The molecule has 2 nitrogen and oxygen atoms in total. The van der Waals surface area contributed by atoms with E-state index in [1.807, 2.05) is 24.3 Å². The fraction of sp³-hybridized carbons (Fsp3) is 0.286.